The lowest BCUT2D eigenvalue weighted by atomic mass is 10.2. The van der Waals surface area contributed by atoms with E-state index in [1.54, 1.807) is 32.0 Å². The zero-order chi connectivity index (χ0) is 12.0. The van der Waals surface area contributed by atoms with Gasteiger partial charge in [-0.2, -0.15) is 0 Å². The van der Waals surface area contributed by atoms with E-state index in [0.29, 0.717) is 12.2 Å². The van der Waals surface area contributed by atoms with Crippen molar-refractivity contribution in [1.29, 1.82) is 0 Å². The molecule has 1 atom stereocenters. The number of hydrogen-bond donors (Lipinski definition) is 0. The number of rotatable bonds is 5. The molecule has 0 saturated carbocycles. The van der Waals surface area contributed by atoms with Gasteiger partial charge in [-0.25, -0.2) is 9.18 Å². The zero-order valence-electron chi connectivity index (χ0n) is 9.40. The Morgan fingerprint density at radius 1 is 1.44 bits per heavy atom. The van der Waals surface area contributed by atoms with Gasteiger partial charge < -0.3 is 9.47 Å². The SMILES string of the molecule is CCOC(=O)C(C)OCc1ccccc1F. The molecule has 0 fully saturated rings. The predicted molar refractivity (Wildman–Crippen MR) is 57.3 cm³/mol. The molecule has 4 heteroatoms. The fraction of sp³-hybridized carbons (Fsp3) is 0.417. The molecular weight excluding hydrogens is 211 g/mol. The zero-order valence-corrected chi connectivity index (χ0v) is 9.40. The van der Waals surface area contributed by atoms with E-state index >= 15 is 0 Å². The van der Waals surface area contributed by atoms with Gasteiger partial charge >= 0.3 is 5.97 Å². The molecule has 1 aromatic rings. The topological polar surface area (TPSA) is 35.5 Å². The van der Waals surface area contributed by atoms with Crippen LogP contribution in [0.1, 0.15) is 19.4 Å². The van der Waals surface area contributed by atoms with Gasteiger partial charge in [-0.15, -0.1) is 0 Å². The number of carbonyl (C=O) groups is 1. The molecule has 1 unspecified atom stereocenters. The monoisotopic (exact) mass is 226 g/mol. The first-order valence-electron chi connectivity index (χ1n) is 5.16. The van der Waals surface area contributed by atoms with E-state index in [1.165, 1.54) is 6.07 Å². The third-order valence-electron chi connectivity index (χ3n) is 2.07. The lowest BCUT2D eigenvalue weighted by Crippen LogP contribution is -2.23. The first-order chi connectivity index (χ1) is 7.65. The molecular formula is C12H15FO3. The van der Waals surface area contributed by atoms with Crippen molar-refractivity contribution in [2.45, 2.75) is 26.6 Å². The van der Waals surface area contributed by atoms with Crippen LogP contribution in [0.2, 0.25) is 0 Å². The van der Waals surface area contributed by atoms with Crippen molar-refractivity contribution in [3.05, 3.63) is 35.6 Å². The second-order valence-electron chi connectivity index (χ2n) is 3.30. The fourth-order valence-corrected chi connectivity index (χ4v) is 1.16. The molecule has 3 nitrogen and oxygen atoms in total. The lowest BCUT2D eigenvalue weighted by Gasteiger charge is -2.11. The molecule has 0 amide bonds. The lowest BCUT2D eigenvalue weighted by molar-refractivity contribution is -0.156. The van der Waals surface area contributed by atoms with E-state index in [9.17, 15) is 9.18 Å². The Labute approximate surface area is 94.2 Å². The van der Waals surface area contributed by atoms with Crippen molar-refractivity contribution in [3.8, 4) is 0 Å². The molecule has 0 saturated heterocycles. The van der Waals surface area contributed by atoms with Crippen LogP contribution in [-0.4, -0.2) is 18.7 Å². The largest absolute Gasteiger partial charge is 0.464 e. The van der Waals surface area contributed by atoms with Gasteiger partial charge in [0.2, 0.25) is 0 Å². The molecule has 0 spiro atoms. The summed E-state index contributed by atoms with van der Waals surface area (Å²) in [4.78, 5) is 11.2. The van der Waals surface area contributed by atoms with Crippen LogP contribution in [0.15, 0.2) is 24.3 Å². The number of hydrogen-bond acceptors (Lipinski definition) is 3. The van der Waals surface area contributed by atoms with Crippen LogP contribution in [0.4, 0.5) is 4.39 Å². The summed E-state index contributed by atoms with van der Waals surface area (Å²) in [6.07, 6.45) is -0.681. The third kappa shape index (κ3) is 3.62. The Balaban J connectivity index is 2.46. The average Bonchev–Trinajstić information content (AvgIpc) is 2.28. The first-order valence-corrected chi connectivity index (χ1v) is 5.16. The number of halogens is 1. The van der Waals surface area contributed by atoms with Gasteiger partial charge in [0.05, 0.1) is 13.2 Å². The summed E-state index contributed by atoms with van der Waals surface area (Å²) in [6, 6.07) is 6.30. The van der Waals surface area contributed by atoms with E-state index in [1.807, 2.05) is 0 Å². The van der Waals surface area contributed by atoms with Gasteiger partial charge in [0, 0.05) is 5.56 Å². The molecule has 0 aliphatic heterocycles. The molecule has 0 heterocycles. The van der Waals surface area contributed by atoms with E-state index < -0.39 is 12.1 Å². The van der Waals surface area contributed by atoms with Crippen molar-refractivity contribution < 1.29 is 18.7 Å². The molecule has 88 valence electrons. The number of esters is 1. The van der Waals surface area contributed by atoms with Crippen molar-refractivity contribution in [1.82, 2.24) is 0 Å². The van der Waals surface area contributed by atoms with Crippen molar-refractivity contribution in [2.24, 2.45) is 0 Å². The minimum atomic E-state index is -0.681. The van der Waals surface area contributed by atoms with Gasteiger partial charge in [0.15, 0.2) is 6.10 Å². The molecule has 1 rings (SSSR count). The van der Waals surface area contributed by atoms with Crippen LogP contribution < -0.4 is 0 Å². The third-order valence-corrected chi connectivity index (χ3v) is 2.07. The van der Waals surface area contributed by atoms with Crippen molar-refractivity contribution in [2.75, 3.05) is 6.61 Å². The molecule has 0 radical (unpaired) electrons. The first kappa shape index (κ1) is 12.6. The van der Waals surface area contributed by atoms with Crippen LogP contribution in [0, 0.1) is 5.82 Å². The van der Waals surface area contributed by atoms with E-state index in [-0.39, 0.29) is 12.4 Å². The standard InChI is InChI=1S/C12H15FO3/c1-3-15-12(14)9(2)16-8-10-6-4-5-7-11(10)13/h4-7,9H,3,8H2,1-2H3. The predicted octanol–water partition coefficient (Wildman–Crippen LogP) is 2.29. The Bertz CT molecular complexity index is 352. The van der Waals surface area contributed by atoms with Crippen LogP contribution in [0.3, 0.4) is 0 Å². The van der Waals surface area contributed by atoms with Gasteiger partial charge in [0.1, 0.15) is 5.82 Å². The van der Waals surface area contributed by atoms with Crippen LogP contribution in [0.25, 0.3) is 0 Å². The fourth-order valence-electron chi connectivity index (χ4n) is 1.16. The highest BCUT2D eigenvalue weighted by Gasteiger charge is 2.14. The molecule has 16 heavy (non-hydrogen) atoms. The Kier molecular flexibility index (Phi) is 4.92. The Hall–Kier alpha value is -1.42. The second-order valence-corrected chi connectivity index (χ2v) is 3.30. The molecule has 0 aliphatic rings. The highest BCUT2D eigenvalue weighted by atomic mass is 19.1. The van der Waals surface area contributed by atoms with Crippen molar-refractivity contribution in [3.63, 3.8) is 0 Å². The van der Waals surface area contributed by atoms with Crippen LogP contribution in [-0.2, 0) is 20.9 Å². The maximum Gasteiger partial charge on any atom is 0.334 e. The highest BCUT2D eigenvalue weighted by molar-refractivity contribution is 5.74. The van der Waals surface area contributed by atoms with E-state index in [2.05, 4.69) is 0 Å². The number of ether oxygens (including phenoxy) is 2. The van der Waals surface area contributed by atoms with Crippen molar-refractivity contribution >= 4 is 5.97 Å². The summed E-state index contributed by atoms with van der Waals surface area (Å²) in [6.45, 7) is 3.68. The molecule has 0 aliphatic carbocycles. The summed E-state index contributed by atoms with van der Waals surface area (Å²) in [7, 11) is 0. The smallest absolute Gasteiger partial charge is 0.334 e. The van der Waals surface area contributed by atoms with Gasteiger partial charge in [0.25, 0.3) is 0 Å². The summed E-state index contributed by atoms with van der Waals surface area (Å²) in [5.74, 6) is -0.766. The van der Waals surface area contributed by atoms with Crippen LogP contribution >= 0.6 is 0 Å². The second kappa shape index (κ2) is 6.23. The van der Waals surface area contributed by atoms with E-state index in [4.69, 9.17) is 9.47 Å². The maximum absolute atomic E-state index is 13.2. The summed E-state index contributed by atoms with van der Waals surface area (Å²) in [5, 5.41) is 0. The Morgan fingerprint density at radius 2 is 2.12 bits per heavy atom. The normalized spacial score (nSPS) is 12.2. The molecule has 0 N–H and O–H groups in total. The average molecular weight is 226 g/mol. The summed E-state index contributed by atoms with van der Waals surface area (Å²) >= 11 is 0. The van der Waals surface area contributed by atoms with Gasteiger partial charge in [-0.05, 0) is 19.9 Å². The summed E-state index contributed by atoms with van der Waals surface area (Å²) < 4.78 is 23.2. The Morgan fingerprint density at radius 3 is 2.75 bits per heavy atom. The van der Waals surface area contributed by atoms with Crippen LogP contribution in [0.5, 0.6) is 0 Å². The minimum Gasteiger partial charge on any atom is -0.464 e. The van der Waals surface area contributed by atoms with Gasteiger partial charge in [-0.1, -0.05) is 18.2 Å². The number of benzene rings is 1. The van der Waals surface area contributed by atoms with Gasteiger partial charge in [-0.3, -0.25) is 0 Å². The molecule has 0 aromatic heterocycles. The quantitative estimate of drug-likeness (QED) is 0.723. The maximum atomic E-state index is 13.2. The molecule has 1 aromatic carbocycles. The van der Waals surface area contributed by atoms with E-state index in [0.717, 1.165) is 0 Å². The molecule has 0 bridgehead atoms. The number of carbonyl (C=O) groups excluding carboxylic acids is 1. The highest BCUT2D eigenvalue weighted by Crippen LogP contribution is 2.09. The minimum absolute atomic E-state index is 0.0622. The summed E-state index contributed by atoms with van der Waals surface area (Å²) in [5.41, 5.74) is 0.429.